The SMILES string of the molecule is C[C@H](NS(=O)(=O)c1ccccc1)C(=O)N1CCN(Cc2ccccc2)CC1. The second-order valence-electron chi connectivity index (χ2n) is 6.74. The van der Waals surface area contributed by atoms with Crippen molar-refractivity contribution in [2.45, 2.75) is 24.4 Å². The summed E-state index contributed by atoms with van der Waals surface area (Å²) in [4.78, 5) is 16.9. The maximum Gasteiger partial charge on any atom is 0.241 e. The molecule has 1 aliphatic heterocycles. The molecule has 1 fully saturated rings. The molecule has 1 aliphatic rings. The van der Waals surface area contributed by atoms with Gasteiger partial charge in [-0.2, -0.15) is 4.72 Å². The van der Waals surface area contributed by atoms with Crippen LogP contribution >= 0.6 is 0 Å². The van der Waals surface area contributed by atoms with Crippen molar-refractivity contribution in [2.24, 2.45) is 0 Å². The largest absolute Gasteiger partial charge is 0.339 e. The molecular formula is C20H25N3O3S. The molecule has 0 radical (unpaired) electrons. The molecule has 0 saturated carbocycles. The fourth-order valence-electron chi connectivity index (χ4n) is 3.19. The fourth-order valence-corrected chi connectivity index (χ4v) is 4.41. The second-order valence-corrected chi connectivity index (χ2v) is 8.46. The van der Waals surface area contributed by atoms with Gasteiger partial charge in [0.1, 0.15) is 0 Å². The van der Waals surface area contributed by atoms with Crippen LogP contribution in [0.2, 0.25) is 0 Å². The number of hydrogen-bond acceptors (Lipinski definition) is 4. The minimum atomic E-state index is -3.70. The number of nitrogens with one attached hydrogen (secondary N) is 1. The zero-order valence-electron chi connectivity index (χ0n) is 15.4. The Morgan fingerprint density at radius 3 is 2.11 bits per heavy atom. The normalized spacial score (nSPS) is 16.9. The molecule has 27 heavy (non-hydrogen) atoms. The summed E-state index contributed by atoms with van der Waals surface area (Å²) in [6.45, 7) is 5.21. The van der Waals surface area contributed by atoms with E-state index in [0.29, 0.717) is 13.1 Å². The van der Waals surface area contributed by atoms with Crippen LogP contribution < -0.4 is 4.72 Å². The highest BCUT2D eigenvalue weighted by Gasteiger charge is 2.28. The van der Waals surface area contributed by atoms with E-state index in [4.69, 9.17) is 0 Å². The second kappa shape index (κ2) is 8.65. The average Bonchev–Trinajstić information content (AvgIpc) is 2.69. The molecular weight excluding hydrogens is 362 g/mol. The Bertz CT molecular complexity index is 849. The number of sulfonamides is 1. The van der Waals surface area contributed by atoms with Crippen molar-refractivity contribution in [3.05, 3.63) is 66.2 Å². The summed E-state index contributed by atoms with van der Waals surface area (Å²) >= 11 is 0. The summed E-state index contributed by atoms with van der Waals surface area (Å²) < 4.78 is 27.3. The molecule has 0 bridgehead atoms. The molecule has 0 aliphatic carbocycles. The standard InChI is InChI=1S/C20H25N3O3S/c1-17(21-27(25,26)19-10-6-3-7-11-19)20(24)23-14-12-22(13-15-23)16-18-8-4-2-5-9-18/h2-11,17,21H,12-16H2,1H3/t17-/m0/s1. The Morgan fingerprint density at radius 1 is 0.963 bits per heavy atom. The lowest BCUT2D eigenvalue weighted by Crippen LogP contribution is -2.53. The minimum absolute atomic E-state index is 0.164. The van der Waals surface area contributed by atoms with Gasteiger partial charge in [0, 0.05) is 32.7 Å². The monoisotopic (exact) mass is 387 g/mol. The first kappa shape index (κ1) is 19.5. The maximum absolute atomic E-state index is 12.7. The lowest BCUT2D eigenvalue weighted by atomic mass is 10.2. The van der Waals surface area contributed by atoms with Gasteiger partial charge in [-0.05, 0) is 24.6 Å². The molecule has 1 atom stereocenters. The third kappa shape index (κ3) is 5.15. The van der Waals surface area contributed by atoms with Gasteiger partial charge in [-0.3, -0.25) is 9.69 Å². The van der Waals surface area contributed by atoms with Gasteiger partial charge in [-0.1, -0.05) is 48.5 Å². The van der Waals surface area contributed by atoms with Crippen molar-refractivity contribution in [1.82, 2.24) is 14.5 Å². The van der Waals surface area contributed by atoms with Gasteiger partial charge in [-0.25, -0.2) is 8.42 Å². The van der Waals surface area contributed by atoms with Crippen LogP contribution in [0.25, 0.3) is 0 Å². The van der Waals surface area contributed by atoms with E-state index in [-0.39, 0.29) is 10.8 Å². The Labute approximate surface area is 160 Å². The van der Waals surface area contributed by atoms with Gasteiger partial charge in [0.2, 0.25) is 15.9 Å². The molecule has 3 rings (SSSR count). The molecule has 1 N–H and O–H groups in total. The van der Waals surface area contributed by atoms with Crippen LogP contribution in [-0.4, -0.2) is 56.3 Å². The summed E-state index contributed by atoms with van der Waals surface area (Å²) in [6.07, 6.45) is 0. The number of carbonyl (C=O) groups is 1. The predicted molar refractivity (Wildman–Crippen MR) is 105 cm³/mol. The molecule has 7 heteroatoms. The van der Waals surface area contributed by atoms with E-state index in [9.17, 15) is 13.2 Å². The Balaban J connectivity index is 1.53. The molecule has 0 unspecified atom stereocenters. The van der Waals surface area contributed by atoms with Crippen molar-refractivity contribution in [2.75, 3.05) is 26.2 Å². The molecule has 2 aromatic carbocycles. The molecule has 1 saturated heterocycles. The molecule has 1 amide bonds. The molecule has 6 nitrogen and oxygen atoms in total. The number of amides is 1. The lowest BCUT2D eigenvalue weighted by Gasteiger charge is -2.36. The summed E-state index contributed by atoms with van der Waals surface area (Å²) in [7, 11) is -3.70. The van der Waals surface area contributed by atoms with Crippen LogP contribution in [0.1, 0.15) is 12.5 Å². The van der Waals surface area contributed by atoms with Gasteiger partial charge in [0.25, 0.3) is 0 Å². The smallest absolute Gasteiger partial charge is 0.241 e. The number of piperazine rings is 1. The van der Waals surface area contributed by atoms with E-state index in [1.807, 2.05) is 18.2 Å². The van der Waals surface area contributed by atoms with Gasteiger partial charge in [0.05, 0.1) is 10.9 Å². The van der Waals surface area contributed by atoms with Crippen molar-refractivity contribution in [3.63, 3.8) is 0 Å². The Morgan fingerprint density at radius 2 is 1.52 bits per heavy atom. The van der Waals surface area contributed by atoms with E-state index in [0.717, 1.165) is 19.6 Å². The van der Waals surface area contributed by atoms with E-state index in [1.54, 1.807) is 30.0 Å². The summed E-state index contributed by atoms with van der Waals surface area (Å²) in [6, 6.07) is 17.5. The highest BCUT2D eigenvalue weighted by molar-refractivity contribution is 7.89. The van der Waals surface area contributed by atoms with Crippen LogP contribution in [0.15, 0.2) is 65.6 Å². The van der Waals surface area contributed by atoms with Gasteiger partial charge in [0.15, 0.2) is 0 Å². The van der Waals surface area contributed by atoms with Gasteiger partial charge < -0.3 is 4.90 Å². The van der Waals surface area contributed by atoms with Crippen molar-refractivity contribution in [3.8, 4) is 0 Å². The van der Waals surface area contributed by atoms with Crippen molar-refractivity contribution >= 4 is 15.9 Å². The number of nitrogens with zero attached hydrogens (tertiary/aromatic N) is 2. The highest BCUT2D eigenvalue weighted by Crippen LogP contribution is 2.12. The zero-order chi connectivity index (χ0) is 19.3. The molecule has 0 aromatic heterocycles. The molecule has 1 heterocycles. The van der Waals surface area contributed by atoms with Crippen LogP contribution in [0.5, 0.6) is 0 Å². The van der Waals surface area contributed by atoms with Gasteiger partial charge in [-0.15, -0.1) is 0 Å². The minimum Gasteiger partial charge on any atom is -0.339 e. The third-order valence-corrected chi connectivity index (χ3v) is 6.25. The number of benzene rings is 2. The van der Waals surface area contributed by atoms with Gasteiger partial charge >= 0.3 is 0 Å². The number of hydrogen-bond donors (Lipinski definition) is 1. The number of carbonyl (C=O) groups excluding carboxylic acids is 1. The van der Waals surface area contributed by atoms with E-state index < -0.39 is 16.1 Å². The van der Waals surface area contributed by atoms with Crippen LogP contribution in [0.4, 0.5) is 0 Å². The summed E-state index contributed by atoms with van der Waals surface area (Å²) in [5.74, 6) is -0.186. The molecule has 0 spiro atoms. The first-order chi connectivity index (χ1) is 13.0. The first-order valence-corrected chi connectivity index (χ1v) is 10.6. The summed E-state index contributed by atoms with van der Waals surface area (Å²) in [5.41, 5.74) is 1.25. The maximum atomic E-state index is 12.7. The van der Waals surface area contributed by atoms with E-state index >= 15 is 0 Å². The van der Waals surface area contributed by atoms with E-state index in [2.05, 4.69) is 21.8 Å². The first-order valence-electron chi connectivity index (χ1n) is 9.08. The third-order valence-electron chi connectivity index (χ3n) is 4.69. The Hall–Kier alpha value is -2.22. The molecule has 2 aromatic rings. The summed E-state index contributed by atoms with van der Waals surface area (Å²) in [5, 5.41) is 0. The fraction of sp³-hybridized carbons (Fsp3) is 0.350. The average molecular weight is 388 g/mol. The van der Waals surface area contributed by atoms with Crippen molar-refractivity contribution < 1.29 is 13.2 Å². The van der Waals surface area contributed by atoms with Crippen LogP contribution in [-0.2, 0) is 21.4 Å². The van der Waals surface area contributed by atoms with Crippen LogP contribution in [0, 0.1) is 0 Å². The van der Waals surface area contributed by atoms with Crippen LogP contribution in [0.3, 0.4) is 0 Å². The van der Waals surface area contributed by atoms with E-state index in [1.165, 1.54) is 17.7 Å². The molecule has 144 valence electrons. The van der Waals surface area contributed by atoms with Crippen molar-refractivity contribution in [1.29, 1.82) is 0 Å². The number of rotatable bonds is 6. The lowest BCUT2D eigenvalue weighted by molar-refractivity contribution is -0.134. The topological polar surface area (TPSA) is 69.7 Å². The highest BCUT2D eigenvalue weighted by atomic mass is 32.2. The zero-order valence-corrected chi connectivity index (χ0v) is 16.2. The Kier molecular flexibility index (Phi) is 6.26. The predicted octanol–water partition coefficient (Wildman–Crippen LogP) is 1.70. The quantitative estimate of drug-likeness (QED) is 0.819.